The number of benzene rings is 2. The number of ether oxygens (including phenoxy) is 6. The molecule has 5 atom stereocenters. The largest absolute Gasteiger partial charge is 0.508 e. The van der Waals surface area contributed by atoms with Gasteiger partial charge in [0.1, 0.15) is 35.4 Å². The fraction of sp³-hybridized carbons (Fsp3) is 0.419. The summed E-state index contributed by atoms with van der Waals surface area (Å²) < 4.78 is 34.8. The lowest BCUT2D eigenvalue weighted by molar-refractivity contribution is -0.152. The predicted octanol–water partition coefficient (Wildman–Crippen LogP) is 5.28. The quantitative estimate of drug-likeness (QED) is 0.301. The molecule has 2 aliphatic rings. The second-order valence-corrected chi connectivity index (χ2v) is 10.3. The Hall–Kier alpha value is -3.66. The van der Waals surface area contributed by atoms with Gasteiger partial charge in [-0.1, -0.05) is 43.4 Å². The number of phenolic OH excluding ortho intramolecular Hbond substituents is 1. The van der Waals surface area contributed by atoms with E-state index in [1.807, 2.05) is 39.0 Å². The summed E-state index contributed by atoms with van der Waals surface area (Å²) in [4.78, 5) is 26.4. The number of carbonyl (C=O) groups excluding carboxylic acids is 2. The second-order valence-electron chi connectivity index (χ2n) is 10.3. The van der Waals surface area contributed by atoms with Crippen molar-refractivity contribution in [2.24, 2.45) is 5.92 Å². The lowest BCUT2D eigenvalue weighted by Gasteiger charge is -2.25. The lowest BCUT2D eigenvalue weighted by atomic mass is 9.98. The van der Waals surface area contributed by atoms with E-state index < -0.39 is 42.1 Å². The Morgan fingerprint density at radius 3 is 2.58 bits per heavy atom. The zero-order chi connectivity index (χ0) is 28.9. The van der Waals surface area contributed by atoms with Crippen molar-refractivity contribution in [2.45, 2.75) is 64.3 Å². The van der Waals surface area contributed by atoms with Crippen molar-refractivity contribution >= 4 is 18.0 Å². The van der Waals surface area contributed by atoms with Gasteiger partial charge in [-0.2, -0.15) is 0 Å². The number of hydrogen-bond donors (Lipinski definition) is 1. The van der Waals surface area contributed by atoms with Gasteiger partial charge in [-0.3, -0.25) is 0 Å². The first-order valence-corrected chi connectivity index (χ1v) is 13.2. The third kappa shape index (κ3) is 7.10. The highest BCUT2D eigenvalue weighted by Crippen LogP contribution is 2.35. The molecular weight excluding hydrogens is 516 g/mol. The van der Waals surface area contributed by atoms with Crippen LogP contribution in [0.25, 0.3) is 6.08 Å². The molecule has 9 nitrogen and oxygen atoms in total. The molecule has 4 rings (SSSR count). The molecular formula is C31H36O9. The summed E-state index contributed by atoms with van der Waals surface area (Å²) in [5.41, 5.74) is 0.995. The van der Waals surface area contributed by atoms with E-state index >= 15 is 0 Å². The van der Waals surface area contributed by atoms with Gasteiger partial charge < -0.3 is 33.5 Å². The molecule has 1 saturated heterocycles. The number of phenols is 1. The third-order valence-corrected chi connectivity index (χ3v) is 6.76. The van der Waals surface area contributed by atoms with E-state index in [1.165, 1.54) is 19.2 Å². The van der Waals surface area contributed by atoms with Crippen LogP contribution in [0.15, 0.2) is 60.7 Å². The second kappa shape index (κ2) is 12.7. The van der Waals surface area contributed by atoms with Gasteiger partial charge in [-0.15, -0.1) is 0 Å². The fourth-order valence-corrected chi connectivity index (χ4v) is 4.62. The minimum Gasteiger partial charge on any atom is -0.508 e. The number of aromatic hydroxyl groups is 1. The first-order chi connectivity index (χ1) is 19.1. The van der Waals surface area contributed by atoms with Gasteiger partial charge in [0.2, 0.25) is 0 Å². The van der Waals surface area contributed by atoms with Crippen molar-refractivity contribution in [2.75, 3.05) is 13.9 Å². The van der Waals surface area contributed by atoms with Crippen LogP contribution in [-0.4, -0.2) is 61.2 Å². The number of cyclic esters (lactones) is 1. The summed E-state index contributed by atoms with van der Waals surface area (Å²) in [5, 5.41) is 10.3. The molecule has 2 aliphatic heterocycles. The van der Waals surface area contributed by atoms with E-state index in [2.05, 4.69) is 0 Å². The monoisotopic (exact) mass is 552 g/mol. The van der Waals surface area contributed by atoms with Gasteiger partial charge in [0.05, 0.1) is 11.7 Å². The van der Waals surface area contributed by atoms with Crippen molar-refractivity contribution < 1.29 is 43.1 Å². The number of esters is 2. The van der Waals surface area contributed by atoms with Gasteiger partial charge in [-0.05, 0) is 57.0 Å². The number of rotatable bonds is 5. The van der Waals surface area contributed by atoms with Crippen LogP contribution in [0, 0.1) is 5.92 Å². The summed E-state index contributed by atoms with van der Waals surface area (Å²) in [7, 11) is 1.46. The van der Waals surface area contributed by atoms with Crippen molar-refractivity contribution in [3.63, 3.8) is 0 Å². The van der Waals surface area contributed by atoms with Gasteiger partial charge >= 0.3 is 11.9 Å². The maximum absolute atomic E-state index is 13.4. The Bertz CT molecular complexity index is 1250. The van der Waals surface area contributed by atoms with Crippen LogP contribution in [0.2, 0.25) is 0 Å². The topological polar surface area (TPSA) is 110 Å². The molecule has 1 N–H and O–H groups in total. The summed E-state index contributed by atoms with van der Waals surface area (Å²) in [5.74, 6) is -2.21. The van der Waals surface area contributed by atoms with Crippen LogP contribution >= 0.6 is 0 Å². The highest BCUT2D eigenvalue weighted by molar-refractivity contribution is 5.97. The summed E-state index contributed by atoms with van der Waals surface area (Å²) in [6.07, 6.45) is 5.08. The zero-order valence-corrected chi connectivity index (χ0v) is 23.4. The van der Waals surface area contributed by atoms with Gasteiger partial charge in [-0.25, -0.2) is 9.59 Å². The lowest BCUT2D eigenvalue weighted by Crippen LogP contribution is -2.37. The molecule has 0 radical (unpaired) electrons. The van der Waals surface area contributed by atoms with Crippen molar-refractivity contribution in [1.29, 1.82) is 0 Å². The van der Waals surface area contributed by atoms with E-state index in [0.29, 0.717) is 17.5 Å². The molecule has 2 aromatic carbocycles. The van der Waals surface area contributed by atoms with Crippen molar-refractivity contribution in [1.82, 2.24) is 0 Å². The normalized spacial score (nSPS) is 27.0. The fourth-order valence-electron chi connectivity index (χ4n) is 4.62. The molecule has 0 spiro atoms. The molecule has 0 saturated carbocycles. The molecule has 0 amide bonds. The van der Waals surface area contributed by atoms with E-state index in [4.69, 9.17) is 28.4 Å². The predicted molar refractivity (Wildman–Crippen MR) is 147 cm³/mol. The SMILES string of the molecule is COCOc1cc(O)cc2c1C(=O)O[C@@H](C)[C@H](C)/C=C\[C@@H](OC(=O)c1ccccc1)[C@H]1OC(C)(C)O[C@H]1CC=C2. The molecule has 0 bridgehead atoms. The maximum atomic E-state index is 13.4. The molecule has 1 fully saturated rings. The minimum atomic E-state index is -0.919. The van der Waals surface area contributed by atoms with Crippen LogP contribution in [0.1, 0.15) is 60.4 Å². The first-order valence-electron chi connectivity index (χ1n) is 13.2. The van der Waals surface area contributed by atoms with Gasteiger partial charge in [0.15, 0.2) is 12.6 Å². The summed E-state index contributed by atoms with van der Waals surface area (Å²) in [6, 6.07) is 11.6. The smallest absolute Gasteiger partial charge is 0.342 e. The number of fused-ring (bicyclic) bond motifs is 2. The van der Waals surface area contributed by atoms with E-state index in [-0.39, 0.29) is 29.8 Å². The first kappa shape index (κ1) is 29.3. The average Bonchev–Trinajstić information content (AvgIpc) is 3.22. The molecule has 0 aromatic heterocycles. The minimum absolute atomic E-state index is 0.0832. The van der Waals surface area contributed by atoms with Crippen LogP contribution in [-0.2, 0) is 23.7 Å². The van der Waals surface area contributed by atoms with E-state index in [9.17, 15) is 14.7 Å². The van der Waals surface area contributed by atoms with Gasteiger partial charge in [0, 0.05) is 19.1 Å². The molecule has 0 unspecified atom stereocenters. The Kier molecular flexibility index (Phi) is 9.29. The van der Waals surface area contributed by atoms with Crippen LogP contribution in [0.4, 0.5) is 0 Å². The Labute approximate surface area is 234 Å². The molecule has 9 heteroatoms. The van der Waals surface area contributed by atoms with Crippen LogP contribution in [0.3, 0.4) is 0 Å². The Morgan fingerprint density at radius 1 is 1.10 bits per heavy atom. The van der Waals surface area contributed by atoms with Crippen LogP contribution < -0.4 is 4.74 Å². The third-order valence-electron chi connectivity index (χ3n) is 6.76. The summed E-state index contributed by atoms with van der Waals surface area (Å²) in [6.45, 7) is 7.16. The van der Waals surface area contributed by atoms with Gasteiger partial charge in [0.25, 0.3) is 0 Å². The number of carbonyl (C=O) groups is 2. The summed E-state index contributed by atoms with van der Waals surface area (Å²) >= 11 is 0. The Balaban J connectivity index is 1.73. The molecule has 40 heavy (non-hydrogen) atoms. The maximum Gasteiger partial charge on any atom is 0.342 e. The molecule has 2 heterocycles. The molecule has 0 aliphatic carbocycles. The molecule has 2 aromatic rings. The van der Waals surface area contributed by atoms with Crippen LogP contribution in [0.5, 0.6) is 11.5 Å². The Morgan fingerprint density at radius 2 is 1.85 bits per heavy atom. The average molecular weight is 553 g/mol. The number of hydrogen-bond acceptors (Lipinski definition) is 9. The van der Waals surface area contributed by atoms with E-state index in [1.54, 1.807) is 43.3 Å². The molecule has 214 valence electrons. The number of methoxy groups -OCH3 is 1. The standard InChI is InChI=1S/C31H36O9/c1-19-14-15-24(38-29(33)21-10-7-6-8-11-21)28-25(39-31(3,4)40-28)13-9-12-22-16-23(32)17-26(36-18-35-5)27(22)30(34)37-20(19)2/h6-12,14-17,19-20,24-25,28,32H,13,18H2,1-5H3/b12-9?,15-14-/t19-,20+,24-,25+,28-/m1/s1. The van der Waals surface area contributed by atoms with Crippen molar-refractivity contribution in [3.05, 3.63) is 77.4 Å². The zero-order valence-electron chi connectivity index (χ0n) is 23.4. The highest BCUT2D eigenvalue weighted by atomic mass is 16.8. The van der Waals surface area contributed by atoms with E-state index in [0.717, 1.165) is 0 Å². The highest BCUT2D eigenvalue weighted by Gasteiger charge is 2.45. The van der Waals surface area contributed by atoms with Crippen molar-refractivity contribution in [3.8, 4) is 11.5 Å².